The van der Waals surface area contributed by atoms with Crippen molar-refractivity contribution >= 4 is 44.8 Å². The fraction of sp³-hybridized carbons (Fsp3) is 0. The summed E-state index contributed by atoms with van der Waals surface area (Å²) >= 11 is 9.19. The van der Waals surface area contributed by atoms with Crippen molar-refractivity contribution in [2.45, 2.75) is 0 Å². The second kappa shape index (κ2) is 5.59. The molecular formula is C13H9BrClFN2O. The fourth-order valence-corrected chi connectivity index (χ4v) is 2.29. The lowest BCUT2D eigenvalue weighted by Crippen LogP contribution is -2.15. The van der Waals surface area contributed by atoms with Crippen LogP contribution in [0.2, 0.25) is 5.02 Å². The molecule has 0 aromatic heterocycles. The van der Waals surface area contributed by atoms with Gasteiger partial charge in [0.25, 0.3) is 5.91 Å². The van der Waals surface area contributed by atoms with Crippen LogP contribution in [0.25, 0.3) is 0 Å². The summed E-state index contributed by atoms with van der Waals surface area (Å²) in [6.07, 6.45) is 0. The molecule has 3 N–H and O–H groups in total. The van der Waals surface area contributed by atoms with Crippen molar-refractivity contribution in [1.29, 1.82) is 0 Å². The predicted octanol–water partition coefficient (Wildman–Crippen LogP) is 4.08. The van der Waals surface area contributed by atoms with Crippen LogP contribution in [0.4, 0.5) is 15.8 Å². The Hall–Kier alpha value is -1.59. The molecule has 0 unspecified atom stereocenters. The molecule has 0 radical (unpaired) electrons. The first-order chi connectivity index (χ1) is 8.99. The molecule has 6 heteroatoms. The Morgan fingerprint density at radius 3 is 2.68 bits per heavy atom. The summed E-state index contributed by atoms with van der Waals surface area (Å²) in [5.41, 5.74) is 5.96. The molecule has 0 fully saturated rings. The molecule has 0 bridgehead atoms. The summed E-state index contributed by atoms with van der Waals surface area (Å²) in [4.78, 5) is 12.0. The first-order valence-corrected chi connectivity index (χ1v) is 6.46. The number of carbonyl (C=O) groups is 1. The van der Waals surface area contributed by atoms with E-state index < -0.39 is 11.7 Å². The molecule has 0 spiro atoms. The molecule has 0 aliphatic heterocycles. The average molecular weight is 344 g/mol. The molecule has 19 heavy (non-hydrogen) atoms. The van der Waals surface area contributed by atoms with Gasteiger partial charge in [-0.15, -0.1) is 0 Å². The van der Waals surface area contributed by atoms with Gasteiger partial charge in [0, 0.05) is 4.47 Å². The number of amides is 1. The molecule has 0 saturated carbocycles. The van der Waals surface area contributed by atoms with Crippen LogP contribution in [0.15, 0.2) is 40.9 Å². The van der Waals surface area contributed by atoms with Crippen LogP contribution in [-0.2, 0) is 0 Å². The Morgan fingerprint density at radius 1 is 1.32 bits per heavy atom. The third-order valence-electron chi connectivity index (χ3n) is 2.46. The highest BCUT2D eigenvalue weighted by molar-refractivity contribution is 9.10. The minimum absolute atomic E-state index is 0.0496. The number of anilines is 2. The van der Waals surface area contributed by atoms with Crippen molar-refractivity contribution in [1.82, 2.24) is 0 Å². The van der Waals surface area contributed by atoms with Gasteiger partial charge in [-0.3, -0.25) is 4.79 Å². The summed E-state index contributed by atoms with van der Waals surface area (Å²) in [7, 11) is 0. The molecule has 98 valence electrons. The smallest absolute Gasteiger partial charge is 0.257 e. The number of halogens is 3. The molecule has 0 heterocycles. The zero-order valence-electron chi connectivity index (χ0n) is 9.58. The zero-order chi connectivity index (χ0) is 14.0. The number of nitrogens with one attached hydrogen (secondary N) is 1. The first kappa shape index (κ1) is 13.8. The number of benzene rings is 2. The fourth-order valence-electron chi connectivity index (χ4n) is 1.53. The topological polar surface area (TPSA) is 55.1 Å². The Kier molecular flexibility index (Phi) is 4.07. The SMILES string of the molecule is Nc1cccc(F)c1NC(=O)c1ccc(Br)cc1Cl. The first-order valence-electron chi connectivity index (χ1n) is 5.29. The van der Waals surface area contributed by atoms with Crippen LogP contribution in [-0.4, -0.2) is 5.91 Å². The van der Waals surface area contributed by atoms with Crippen LogP contribution in [0, 0.1) is 5.82 Å². The lowest BCUT2D eigenvalue weighted by atomic mass is 10.2. The Morgan fingerprint density at radius 2 is 2.05 bits per heavy atom. The molecule has 0 atom stereocenters. The molecule has 0 aliphatic rings. The number of rotatable bonds is 2. The summed E-state index contributed by atoms with van der Waals surface area (Å²) in [5.74, 6) is -1.11. The number of para-hydroxylation sites is 1. The van der Waals surface area contributed by atoms with Gasteiger partial charge in [0.2, 0.25) is 0 Å². The quantitative estimate of drug-likeness (QED) is 0.807. The number of hydrogen-bond acceptors (Lipinski definition) is 2. The van der Waals surface area contributed by atoms with Crippen LogP contribution >= 0.6 is 27.5 Å². The van der Waals surface area contributed by atoms with Gasteiger partial charge >= 0.3 is 0 Å². The van der Waals surface area contributed by atoms with Gasteiger partial charge in [-0.05, 0) is 30.3 Å². The summed E-state index contributed by atoms with van der Waals surface area (Å²) in [6, 6.07) is 8.98. The molecule has 0 aliphatic carbocycles. The molecule has 1 amide bonds. The molecule has 2 rings (SSSR count). The Bertz CT molecular complexity index is 628. The van der Waals surface area contributed by atoms with Gasteiger partial charge in [0.15, 0.2) is 0 Å². The van der Waals surface area contributed by atoms with E-state index in [0.717, 1.165) is 4.47 Å². The van der Waals surface area contributed by atoms with Crippen LogP contribution in [0.3, 0.4) is 0 Å². The van der Waals surface area contributed by atoms with Crippen molar-refractivity contribution in [2.24, 2.45) is 0 Å². The van der Waals surface area contributed by atoms with Gasteiger partial charge < -0.3 is 11.1 Å². The van der Waals surface area contributed by atoms with E-state index in [9.17, 15) is 9.18 Å². The number of nitrogen functional groups attached to an aromatic ring is 1. The second-order valence-corrected chi connectivity index (χ2v) is 5.11. The van der Waals surface area contributed by atoms with E-state index >= 15 is 0 Å². The second-order valence-electron chi connectivity index (χ2n) is 3.78. The maximum atomic E-state index is 13.6. The maximum Gasteiger partial charge on any atom is 0.257 e. The number of hydrogen-bond donors (Lipinski definition) is 2. The van der Waals surface area contributed by atoms with Crippen molar-refractivity contribution in [3.8, 4) is 0 Å². The summed E-state index contributed by atoms with van der Waals surface area (Å²) in [6.45, 7) is 0. The molecule has 0 saturated heterocycles. The lowest BCUT2D eigenvalue weighted by molar-refractivity contribution is 0.102. The molecule has 2 aromatic carbocycles. The minimum Gasteiger partial charge on any atom is -0.397 e. The molecule has 2 aromatic rings. The van der Waals surface area contributed by atoms with Gasteiger partial charge in [0.1, 0.15) is 11.5 Å². The average Bonchev–Trinajstić information content (AvgIpc) is 2.33. The van der Waals surface area contributed by atoms with Crippen molar-refractivity contribution in [2.75, 3.05) is 11.1 Å². The van der Waals surface area contributed by atoms with E-state index in [0.29, 0.717) is 0 Å². The van der Waals surface area contributed by atoms with E-state index in [1.807, 2.05) is 0 Å². The zero-order valence-corrected chi connectivity index (χ0v) is 11.9. The van der Waals surface area contributed by atoms with E-state index in [1.165, 1.54) is 18.2 Å². The third-order valence-corrected chi connectivity index (χ3v) is 3.27. The van der Waals surface area contributed by atoms with Gasteiger partial charge in [-0.2, -0.15) is 0 Å². The summed E-state index contributed by atoms with van der Waals surface area (Å²) in [5, 5.41) is 2.68. The number of carbonyl (C=O) groups excluding carboxylic acids is 1. The van der Waals surface area contributed by atoms with Crippen molar-refractivity contribution in [3.63, 3.8) is 0 Å². The normalized spacial score (nSPS) is 10.3. The van der Waals surface area contributed by atoms with Crippen molar-refractivity contribution < 1.29 is 9.18 Å². The molecular weight excluding hydrogens is 335 g/mol. The number of nitrogens with two attached hydrogens (primary N) is 1. The highest BCUT2D eigenvalue weighted by Gasteiger charge is 2.14. The Balaban J connectivity index is 2.31. The van der Waals surface area contributed by atoms with Crippen LogP contribution in [0.1, 0.15) is 10.4 Å². The maximum absolute atomic E-state index is 13.6. The Labute approximate surface area is 122 Å². The highest BCUT2D eigenvalue weighted by Crippen LogP contribution is 2.25. The van der Waals surface area contributed by atoms with Gasteiger partial charge in [-0.1, -0.05) is 33.6 Å². The van der Waals surface area contributed by atoms with E-state index in [1.54, 1.807) is 18.2 Å². The van der Waals surface area contributed by atoms with Crippen LogP contribution in [0.5, 0.6) is 0 Å². The van der Waals surface area contributed by atoms with Crippen molar-refractivity contribution in [3.05, 3.63) is 57.3 Å². The molecule has 3 nitrogen and oxygen atoms in total. The largest absolute Gasteiger partial charge is 0.397 e. The van der Waals surface area contributed by atoms with Gasteiger partial charge in [-0.25, -0.2) is 4.39 Å². The van der Waals surface area contributed by atoms with E-state index in [4.69, 9.17) is 17.3 Å². The third kappa shape index (κ3) is 3.05. The summed E-state index contributed by atoms with van der Waals surface area (Å²) < 4.78 is 14.3. The highest BCUT2D eigenvalue weighted by atomic mass is 79.9. The minimum atomic E-state index is -0.596. The van der Waals surface area contributed by atoms with E-state index in [-0.39, 0.29) is 22.0 Å². The standard InChI is InChI=1S/C13H9BrClFN2O/c14-7-4-5-8(9(15)6-7)13(19)18-12-10(16)2-1-3-11(12)17/h1-6H,17H2,(H,18,19). The van der Waals surface area contributed by atoms with Gasteiger partial charge in [0.05, 0.1) is 16.3 Å². The van der Waals surface area contributed by atoms with E-state index in [2.05, 4.69) is 21.2 Å². The lowest BCUT2D eigenvalue weighted by Gasteiger charge is -2.10. The van der Waals surface area contributed by atoms with Crippen LogP contribution < -0.4 is 11.1 Å². The predicted molar refractivity (Wildman–Crippen MR) is 77.9 cm³/mol. The monoisotopic (exact) mass is 342 g/mol.